The highest BCUT2D eigenvalue weighted by Gasteiger charge is 2.14. The third-order valence-electron chi connectivity index (χ3n) is 1.42. The average Bonchev–Trinajstić information content (AvgIpc) is 2.63. The first-order valence-electron chi connectivity index (χ1n) is 3.33. The Kier molecular flexibility index (Phi) is 2.51. The van der Waals surface area contributed by atoms with Gasteiger partial charge in [0, 0.05) is 19.6 Å². The minimum Gasteiger partial charge on any atom is -0.359 e. The predicted octanol–water partition coefficient (Wildman–Crippen LogP) is -0.562. The number of hydrogen-bond acceptors (Lipinski definition) is 2. The van der Waals surface area contributed by atoms with Crippen LogP contribution in [0.2, 0.25) is 0 Å². The summed E-state index contributed by atoms with van der Waals surface area (Å²) in [5, 5.41) is 2.62. The lowest BCUT2D eigenvalue weighted by Crippen LogP contribution is -2.15. The summed E-state index contributed by atoms with van der Waals surface area (Å²) in [5.74, 6) is 0. The molecule has 0 unspecified atom stereocenters. The molecule has 1 aliphatic rings. The van der Waals surface area contributed by atoms with Gasteiger partial charge in [-0.3, -0.25) is 4.79 Å². The number of rotatable bonds is 5. The monoisotopic (exact) mass is 128 g/mol. The highest BCUT2D eigenvalue weighted by atomic mass is 16.1. The Labute approximate surface area is 55.0 Å². The molecule has 0 aromatic rings. The van der Waals surface area contributed by atoms with E-state index in [1.54, 1.807) is 0 Å². The third-order valence-corrected chi connectivity index (χ3v) is 1.42. The van der Waals surface area contributed by atoms with Crippen molar-refractivity contribution >= 4 is 6.41 Å². The first kappa shape index (κ1) is 6.55. The molecule has 1 saturated heterocycles. The Morgan fingerprint density at radius 1 is 1.56 bits per heavy atom. The van der Waals surface area contributed by atoms with E-state index >= 15 is 0 Å². The number of hydrogen-bond donors (Lipinski definition) is 1. The van der Waals surface area contributed by atoms with Crippen LogP contribution in [0.25, 0.3) is 0 Å². The van der Waals surface area contributed by atoms with Crippen LogP contribution in [-0.4, -0.2) is 37.5 Å². The van der Waals surface area contributed by atoms with Gasteiger partial charge in [0.1, 0.15) is 0 Å². The number of nitrogens with zero attached hydrogens (tertiary/aromatic N) is 1. The number of carbonyl (C=O) groups excluding carboxylic acids is 1. The zero-order valence-electron chi connectivity index (χ0n) is 5.47. The fourth-order valence-electron chi connectivity index (χ4n) is 0.758. The summed E-state index contributed by atoms with van der Waals surface area (Å²) in [6, 6.07) is 0. The summed E-state index contributed by atoms with van der Waals surface area (Å²) in [6.45, 7) is 4.46. The van der Waals surface area contributed by atoms with E-state index in [0.717, 1.165) is 25.9 Å². The van der Waals surface area contributed by atoms with Crippen molar-refractivity contribution in [3.8, 4) is 0 Å². The van der Waals surface area contributed by atoms with Crippen LogP contribution in [0, 0.1) is 0 Å². The van der Waals surface area contributed by atoms with Crippen LogP contribution in [0.5, 0.6) is 0 Å². The topological polar surface area (TPSA) is 32.1 Å². The molecule has 0 aromatic heterocycles. The van der Waals surface area contributed by atoms with Gasteiger partial charge in [-0.05, 0) is 13.0 Å². The van der Waals surface area contributed by atoms with E-state index in [1.165, 1.54) is 13.1 Å². The summed E-state index contributed by atoms with van der Waals surface area (Å²) in [5.41, 5.74) is 0. The summed E-state index contributed by atoms with van der Waals surface area (Å²) in [7, 11) is 0. The molecule has 1 aliphatic heterocycles. The van der Waals surface area contributed by atoms with E-state index in [9.17, 15) is 4.79 Å². The van der Waals surface area contributed by atoms with Gasteiger partial charge >= 0.3 is 0 Å². The number of carbonyl (C=O) groups is 1. The van der Waals surface area contributed by atoms with Gasteiger partial charge < -0.3 is 10.2 Å². The van der Waals surface area contributed by atoms with Gasteiger partial charge in [-0.15, -0.1) is 0 Å². The van der Waals surface area contributed by atoms with E-state index in [0.29, 0.717) is 0 Å². The Bertz CT molecular complexity index is 91.1. The smallest absolute Gasteiger partial charge is 0.207 e. The molecular formula is C6H12N2O. The second-order valence-corrected chi connectivity index (χ2v) is 2.27. The van der Waals surface area contributed by atoms with Crippen molar-refractivity contribution in [2.24, 2.45) is 0 Å². The zero-order valence-corrected chi connectivity index (χ0v) is 5.47. The first-order chi connectivity index (χ1) is 4.43. The minimum absolute atomic E-state index is 0.752. The molecule has 9 heavy (non-hydrogen) atoms. The van der Waals surface area contributed by atoms with Gasteiger partial charge in [-0.25, -0.2) is 0 Å². The average molecular weight is 128 g/mol. The van der Waals surface area contributed by atoms with Crippen LogP contribution >= 0.6 is 0 Å². The van der Waals surface area contributed by atoms with E-state index in [2.05, 4.69) is 10.2 Å². The van der Waals surface area contributed by atoms with Crippen molar-refractivity contribution in [3.05, 3.63) is 0 Å². The lowest BCUT2D eigenvalue weighted by molar-refractivity contribution is -0.109. The highest BCUT2D eigenvalue weighted by Crippen LogP contribution is 2.02. The number of nitrogens with one attached hydrogen (secondary N) is 1. The lowest BCUT2D eigenvalue weighted by Gasteiger charge is -1.97. The van der Waals surface area contributed by atoms with E-state index in [4.69, 9.17) is 0 Å². The van der Waals surface area contributed by atoms with Crippen molar-refractivity contribution < 1.29 is 4.79 Å². The van der Waals surface area contributed by atoms with Gasteiger partial charge in [-0.1, -0.05) is 0 Å². The molecular weight excluding hydrogens is 116 g/mol. The molecule has 0 saturated carbocycles. The molecule has 1 N–H and O–H groups in total. The maximum absolute atomic E-state index is 9.74. The van der Waals surface area contributed by atoms with Crippen LogP contribution in [0.1, 0.15) is 6.42 Å². The van der Waals surface area contributed by atoms with Gasteiger partial charge in [0.05, 0.1) is 0 Å². The molecule has 0 atom stereocenters. The number of amides is 1. The molecule has 0 spiro atoms. The van der Waals surface area contributed by atoms with Crippen molar-refractivity contribution in [3.63, 3.8) is 0 Å². The molecule has 1 amide bonds. The molecule has 3 heteroatoms. The lowest BCUT2D eigenvalue weighted by atomic mass is 10.4. The Balaban J connectivity index is 1.75. The van der Waals surface area contributed by atoms with Crippen LogP contribution in [0.15, 0.2) is 0 Å². The zero-order chi connectivity index (χ0) is 6.53. The highest BCUT2D eigenvalue weighted by molar-refractivity contribution is 5.45. The standard InChI is InChI=1S/C6H12N2O/c9-6-7-2-1-3-8-4-5-8/h6H,1-5H2,(H,7,9). The Morgan fingerprint density at radius 2 is 2.33 bits per heavy atom. The molecule has 52 valence electrons. The minimum atomic E-state index is 0.752. The van der Waals surface area contributed by atoms with Gasteiger partial charge in [0.25, 0.3) is 0 Å². The third kappa shape index (κ3) is 3.08. The second-order valence-electron chi connectivity index (χ2n) is 2.27. The molecule has 0 aromatic carbocycles. The van der Waals surface area contributed by atoms with Crippen molar-refractivity contribution in [2.75, 3.05) is 26.2 Å². The van der Waals surface area contributed by atoms with Crippen molar-refractivity contribution in [2.45, 2.75) is 6.42 Å². The van der Waals surface area contributed by atoms with Crippen LogP contribution < -0.4 is 5.32 Å². The van der Waals surface area contributed by atoms with Crippen LogP contribution in [0.4, 0.5) is 0 Å². The van der Waals surface area contributed by atoms with Crippen LogP contribution in [0.3, 0.4) is 0 Å². The van der Waals surface area contributed by atoms with Gasteiger partial charge in [-0.2, -0.15) is 0 Å². The van der Waals surface area contributed by atoms with Crippen molar-refractivity contribution in [1.82, 2.24) is 10.2 Å². The Morgan fingerprint density at radius 3 is 2.89 bits per heavy atom. The molecule has 0 aliphatic carbocycles. The van der Waals surface area contributed by atoms with Crippen LogP contribution in [-0.2, 0) is 4.79 Å². The molecule has 1 heterocycles. The molecule has 3 nitrogen and oxygen atoms in total. The van der Waals surface area contributed by atoms with Gasteiger partial charge in [0.15, 0.2) is 0 Å². The molecule has 1 fully saturated rings. The maximum Gasteiger partial charge on any atom is 0.207 e. The second kappa shape index (κ2) is 3.45. The summed E-state index contributed by atoms with van der Waals surface area (Å²) in [6.07, 6.45) is 1.83. The van der Waals surface area contributed by atoms with E-state index < -0.39 is 0 Å². The summed E-state index contributed by atoms with van der Waals surface area (Å²) in [4.78, 5) is 12.1. The van der Waals surface area contributed by atoms with Crippen molar-refractivity contribution in [1.29, 1.82) is 0 Å². The SMILES string of the molecule is O=CNCCCN1CC1. The predicted molar refractivity (Wildman–Crippen MR) is 35.1 cm³/mol. The molecule has 0 bridgehead atoms. The Hall–Kier alpha value is -0.570. The largest absolute Gasteiger partial charge is 0.359 e. The molecule has 1 rings (SSSR count). The van der Waals surface area contributed by atoms with E-state index in [1.807, 2.05) is 0 Å². The fourth-order valence-corrected chi connectivity index (χ4v) is 0.758. The van der Waals surface area contributed by atoms with Gasteiger partial charge in [0.2, 0.25) is 6.41 Å². The van der Waals surface area contributed by atoms with E-state index in [-0.39, 0.29) is 0 Å². The summed E-state index contributed by atoms with van der Waals surface area (Å²) < 4.78 is 0. The molecule has 0 radical (unpaired) electrons. The maximum atomic E-state index is 9.74. The fraction of sp³-hybridized carbons (Fsp3) is 0.833. The normalized spacial score (nSPS) is 17.3. The first-order valence-corrected chi connectivity index (χ1v) is 3.33. The quantitative estimate of drug-likeness (QED) is 0.306. The summed E-state index contributed by atoms with van der Waals surface area (Å²) >= 11 is 0.